The first-order valence-electron chi connectivity index (χ1n) is 5.73. The maximum absolute atomic E-state index is 5.86. The van der Waals surface area contributed by atoms with Crippen LogP contribution in [0.4, 0.5) is 11.4 Å². The van der Waals surface area contributed by atoms with Gasteiger partial charge in [-0.15, -0.1) is 0 Å². The molecule has 0 aliphatic carbocycles. The molecule has 4 N–H and O–H groups in total. The van der Waals surface area contributed by atoms with Crippen LogP contribution < -0.4 is 11.5 Å². The fourth-order valence-electron chi connectivity index (χ4n) is 1.64. The Hall–Kier alpha value is -0.826. The fourth-order valence-corrected chi connectivity index (χ4v) is 2.85. The van der Waals surface area contributed by atoms with Gasteiger partial charge in [-0.05, 0) is 30.8 Å². The van der Waals surface area contributed by atoms with Crippen molar-refractivity contribution in [3.05, 3.63) is 23.8 Å². The summed E-state index contributed by atoms with van der Waals surface area (Å²) < 4.78 is 11.4. The molecule has 1 aromatic rings. The molecule has 0 bridgehead atoms. The highest BCUT2D eigenvalue weighted by Gasteiger charge is 2.32. The molecule has 0 saturated carbocycles. The van der Waals surface area contributed by atoms with Gasteiger partial charge < -0.3 is 20.3 Å². The summed E-state index contributed by atoms with van der Waals surface area (Å²) in [6, 6.07) is 5.70. The summed E-state index contributed by atoms with van der Waals surface area (Å²) in [6.07, 6.45) is -0.271. The van der Waals surface area contributed by atoms with E-state index in [1.807, 2.05) is 31.3 Å². The molecule has 98 valence electrons. The molecule has 0 spiro atoms. The summed E-state index contributed by atoms with van der Waals surface area (Å²) in [5, 5.41) is 0. The molecular weight excluding hydrogens is 260 g/mol. The smallest absolute Gasteiger partial charge is 0.229 e. The topological polar surface area (TPSA) is 70.5 Å². The molecule has 6 heteroatoms. The number of hydrogen-bond acceptors (Lipinski definition) is 4. The predicted molar refractivity (Wildman–Crippen MR) is 77.5 cm³/mol. The second kappa shape index (κ2) is 6.37. The van der Waals surface area contributed by atoms with Gasteiger partial charge in [0.1, 0.15) is 6.29 Å². The molecule has 18 heavy (non-hydrogen) atoms. The monoisotopic (exact) mass is 280 g/mol. The van der Waals surface area contributed by atoms with E-state index in [1.54, 1.807) is 0 Å². The summed E-state index contributed by atoms with van der Waals surface area (Å²) in [6.45, 7) is 8.15. The molecule has 1 aromatic carbocycles. The minimum absolute atomic E-state index is 0.270. The maximum atomic E-state index is 5.86. The number of rotatable bonds is 6. The van der Waals surface area contributed by atoms with Crippen molar-refractivity contribution in [1.29, 1.82) is 0 Å². The van der Waals surface area contributed by atoms with Crippen molar-refractivity contribution in [3.63, 3.8) is 0 Å². The van der Waals surface area contributed by atoms with Crippen LogP contribution in [0, 0.1) is 0 Å². The van der Waals surface area contributed by atoms with Crippen molar-refractivity contribution < 1.29 is 8.85 Å². The maximum Gasteiger partial charge on any atom is 0.229 e. The van der Waals surface area contributed by atoms with E-state index in [4.69, 9.17) is 20.3 Å². The molecule has 0 amide bonds. The summed E-state index contributed by atoms with van der Waals surface area (Å²) in [5.74, 6) is 0. The molecule has 0 aliphatic rings. The van der Waals surface area contributed by atoms with Crippen LogP contribution in [-0.2, 0) is 14.3 Å². The molecule has 4 radical (unpaired) electrons. The van der Waals surface area contributed by atoms with Crippen LogP contribution in [0.1, 0.15) is 19.4 Å². The molecule has 0 heterocycles. The standard InChI is InChI=1S/C12H20N2O2Si2/c1-12(2,11(15-17-3)16-18-4)8-5-6-9(13)10(14)7-8/h5-7,11H,13-14H2,1-4H3. The zero-order valence-electron chi connectivity index (χ0n) is 11.3. The minimum atomic E-state index is -0.271. The highest BCUT2D eigenvalue weighted by atomic mass is 28.2. The first kappa shape index (κ1) is 15.2. The van der Waals surface area contributed by atoms with Crippen LogP contribution in [-0.4, -0.2) is 25.8 Å². The van der Waals surface area contributed by atoms with Crippen LogP contribution in [0.15, 0.2) is 18.2 Å². The van der Waals surface area contributed by atoms with Crippen molar-refractivity contribution in [1.82, 2.24) is 0 Å². The van der Waals surface area contributed by atoms with Gasteiger partial charge in [0.2, 0.25) is 19.5 Å². The predicted octanol–water partition coefficient (Wildman–Crippen LogP) is 1.82. The van der Waals surface area contributed by atoms with Crippen LogP contribution >= 0.6 is 0 Å². The van der Waals surface area contributed by atoms with Gasteiger partial charge in [-0.2, -0.15) is 0 Å². The summed E-state index contributed by atoms with van der Waals surface area (Å²) in [5.41, 5.74) is 13.6. The third kappa shape index (κ3) is 3.35. The third-order valence-corrected chi connectivity index (χ3v) is 3.77. The molecule has 4 nitrogen and oxygen atoms in total. The third-order valence-electron chi connectivity index (χ3n) is 2.87. The van der Waals surface area contributed by atoms with E-state index in [0.717, 1.165) is 5.56 Å². The highest BCUT2D eigenvalue weighted by molar-refractivity contribution is 6.26. The van der Waals surface area contributed by atoms with Crippen LogP contribution in [0.3, 0.4) is 0 Å². The van der Waals surface area contributed by atoms with Gasteiger partial charge in [-0.1, -0.05) is 19.9 Å². The van der Waals surface area contributed by atoms with Gasteiger partial charge in [0, 0.05) is 5.41 Å². The zero-order valence-corrected chi connectivity index (χ0v) is 13.3. The summed E-state index contributed by atoms with van der Waals surface area (Å²) in [7, 11) is 0.770. The van der Waals surface area contributed by atoms with E-state index in [9.17, 15) is 0 Å². The van der Waals surface area contributed by atoms with Gasteiger partial charge in [0.25, 0.3) is 0 Å². The molecule has 0 atom stereocenters. The first-order valence-corrected chi connectivity index (χ1v) is 8.55. The quantitative estimate of drug-likeness (QED) is 0.474. The first-order chi connectivity index (χ1) is 8.43. The Labute approximate surface area is 114 Å². The van der Waals surface area contributed by atoms with E-state index >= 15 is 0 Å². The number of hydrogen-bond donors (Lipinski definition) is 2. The second-order valence-corrected chi connectivity index (χ2v) is 5.83. The lowest BCUT2D eigenvalue weighted by atomic mass is 9.83. The van der Waals surface area contributed by atoms with E-state index in [-0.39, 0.29) is 11.7 Å². The van der Waals surface area contributed by atoms with E-state index in [2.05, 4.69) is 13.8 Å². The van der Waals surface area contributed by atoms with Crippen molar-refractivity contribution in [2.45, 2.75) is 38.6 Å². The minimum Gasteiger partial charge on any atom is -0.397 e. The molecule has 0 aliphatic heterocycles. The Bertz CT molecular complexity index is 394. The Balaban J connectivity index is 3.04. The van der Waals surface area contributed by atoms with Crippen LogP contribution in [0.2, 0.25) is 13.1 Å². The average molecular weight is 280 g/mol. The van der Waals surface area contributed by atoms with Crippen LogP contribution in [0.25, 0.3) is 0 Å². The molecule has 1 rings (SSSR count). The van der Waals surface area contributed by atoms with Crippen molar-refractivity contribution >= 4 is 30.9 Å². The van der Waals surface area contributed by atoms with E-state index in [1.165, 1.54) is 0 Å². The Morgan fingerprint density at radius 3 is 2.06 bits per heavy atom. The van der Waals surface area contributed by atoms with E-state index < -0.39 is 0 Å². The number of benzene rings is 1. The van der Waals surface area contributed by atoms with Crippen molar-refractivity contribution in [2.75, 3.05) is 11.5 Å². The van der Waals surface area contributed by atoms with Gasteiger partial charge in [-0.3, -0.25) is 0 Å². The van der Waals surface area contributed by atoms with Gasteiger partial charge in [-0.25, -0.2) is 0 Å². The van der Waals surface area contributed by atoms with Crippen LogP contribution in [0.5, 0.6) is 0 Å². The van der Waals surface area contributed by atoms with Crippen molar-refractivity contribution in [3.8, 4) is 0 Å². The number of anilines is 2. The fraction of sp³-hybridized carbons (Fsp3) is 0.500. The second-order valence-electron chi connectivity index (χ2n) is 4.54. The normalized spacial score (nSPS) is 12.1. The van der Waals surface area contributed by atoms with Gasteiger partial charge in [0.05, 0.1) is 11.4 Å². The zero-order chi connectivity index (χ0) is 13.8. The molecule has 0 saturated heterocycles. The molecule has 0 aromatic heterocycles. The molecular formula is C12H20N2O2Si2. The number of nitrogens with two attached hydrogens (primary N) is 2. The highest BCUT2D eigenvalue weighted by Crippen LogP contribution is 2.32. The van der Waals surface area contributed by atoms with E-state index in [0.29, 0.717) is 30.9 Å². The summed E-state index contributed by atoms with van der Waals surface area (Å²) in [4.78, 5) is 0. The Kier molecular flexibility index (Phi) is 5.39. The Morgan fingerprint density at radius 1 is 1.06 bits per heavy atom. The molecule has 0 unspecified atom stereocenters. The lowest BCUT2D eigenvalue weighted by molar-refractivity contribution is -0.0432. The lowest BCUT2D eigenvalue weighted by Gasteiger charge is -2.34. The number of nitrogen functional groups attached to an aromatic ring is 2. The lowest BCUT2D eigenvalue weighted by Crippen LogP contribution is -2.39. The largest absolute Gasteiger partial charge is 0.397 e. The average Bonchev–Trinajstić information content (AvgIpc) is 2.32. The molecule has 0 fully saturated rings. The Morgan fingerprint density at radius 2 is 1.61 bits per heavy atom. The SMILES string of the molecule is C[Si]OC(O[Si]C)C(C)(C)c1ccc(N)c(N)c1. The van der Waals surface area contributed by atoms with Gasteiger partial charge in [0.15, 0.2) is 0 Å². The van der Waals surface area contributed by atoms with Crippen molar-refractivity contribution in [2.24, 2.45) is 0 Å². The van der Waals surface area contributed by atoms with Gasteiger partial charge >= 0.3 is 0 Å². The summed E-state index contributed by atoms with van der Waals surface area (Å²) >= 11 is 0.